The molecule has 16 heavy (non-hydrogen) atoms. The van der Waals surface area contributed by atoms with Crippen molar-refractivity contribution in [2.24, 2.45) is 5.92 Å². The number of rotatable bonds is 3. The van der Waals surface area contributed by atoms with Crippen LogP contribution in [0, 0.1) is 5.92 Å². The number of nitrogen functional groups attached to an aromatic ring is 1. The third-order valence-corrected chi connectivity index (χ3v) is 3.18. The first-order valence-electron chi connectivity index (χ1n) is 5.65. The monoisotopic (exact) mass is 222 g/mol. The normalized spacial score (nSPS) is 20.1. The highest BCUT2D eigenvalue weighted by Crippen LogP contribution is 2.31. The second-order valence-corrected chi connectivity index (χ2v) is 4.13. The fraction of sp³-hybridized carbons (Fsp3) is 0.636. The molecule has 88 valence electrons. The Morgan fingerprint density at radius 3 is 3.00 bits per heavy atom. The van der Waals surface area contributed by atoms with Crippen molar-refractivity contribution in [1.29, 1.82) is 0 Å². The molecule has 1 saturated heterocycles. The van der Waals surface area contributed by atoms with Crippen LogP contribution in [0.15, 0.2) is 6.33 Å². The highest BCUT2D eigenvalue weighted by atomic mass is 16.5. The summed E-state index contributed by atoms with van der Waals surface area (Å²) in [6.07, 6.45) is 3.92. The molecular weight excluding hydrogens is 204 g/mol. The molecule has 1 atom stereocenters. The molecule has 0 bridgehead atoms. The fourth-order valence-corrected chi connectivity index (χ4v) is 2.14. The Balaban J connectivity index is 2.21. The molecular formula is C11H18N4O. The van der Waals surface area contributed by atoms with E-state index in [0.29, 0.717) is 11.6 Å². The highest BCUT2D eigenvalue weighted by molar-refractivity contribution is 5.68. The summed E-state index contributed by atoms with van der Waals surface area (Å²) >= 11 is 0. The van der Waals surface area contributed by atoms with Gasteiger partial charge in [0.2, 0.25) is 5.88 Å². The zero-order chi connectivity index (χ0) is 11.5. The molecule has 1 fully saturated rings. The third-order valence-electron chi connectivity index (χ3n) is 3.18. The predicted molar refractivity (Wildman–Crippen MR) is 63.6 cm³/mol. The van der Waals surface area contributed by atoms with Gasteiger partial charge >= 0.3 is 0 Å². The molecule has 0 aromatic carbocycles. The molecule has 1 aliphatic rings. The summed E-state index contributed by atoms with van der Waals surface area (Å²) in [4.78, 5) is 10.4. The van der Waals surface area contributed by atoms with Gasteiger partial charge in [-0.1, -0.05) is 13.3 Å². The minimum absolute atomic E-state index is 0.463. The molecule has 1 aromatic heterocycles. The Labute approximate surface area is 95.6 Å². The zero-order valence-electron chi connectivity index (χ0n) is 9.81. The van der Waals surface area contributed by atoms with Gasteiger partial charge in [0, 0.05) is 13.1 Å². The van der Waals surface area contributed by atoms with Gasteiger partial charge in [0.25, 0.3) is 0 Å². The topological polar surface area (TPSA) is 64.3 Å². The molecule has 0 aliphatic carbocycles. The number of nitrogens with two attached hydrogens (primary N) is 1. The van der Waals surface area contributed by atoms with E-state index in [9.17, 15) is 0 Å². The lowest BCUT2D eigenvalue weighted by Gasteiger charge is -2.19. The van der Waals surface area contributed by atoms with E-state index in [-0.39, 0.29) is 0 Å². The second kappa shape index (κ2) is 4.55. The van der Waals surface area contributed by atoms with Gasteiger partial charge in [0.15, 0.2) is 5.82 Å². The minimum atomic E-state index is 0.463. The molecule has 1 aromatic rings. The number of ether oxygens (including phenoxy) is 1. The molecule has 0 amide bonds. The van der Waals surface area contributed by atoms with Crippen LogP contribution in [0.4, 0.5) is 11.5 Å². The van der Waals surface area contributed by atoms with Crippen molar-refractivity contribution in [3.05, 3.63) is 6.33 Å². The van der Waals surface area contributed by atoms with Gasteiger partial charge in [-0.15, -0.1) is 0 Å². The molecule has 0 saturated carbocycles. The van der Waals surface area contributed by atoms with Crippen LogP contribution >= 0.6 is 0 Å². The number of hydrogen-bond donors (Lipinski definition) is 1. The van der Waals surface area contributed by atoms with Crippen LogP contribution in [-0.2, 0) is 0 Å². The van der Waals surface area contributed by atoms with E-state index < -0.39 is 0 Å². The summed E-state index contributed by atoms with van der Waals surface area (Å²) in [5.74, 6) is 2.02. The van der Waals surface area contributed by atoms with Crippen molar-refractivity contribution >= 4 is 11.5 Å². The van der Waals surface area contributed by atoms with Gasteiger partial charge in [-0.25, -0.2) is 4.98 Å². The molecule has 5 nitrogen and oxygen atoms in total. The van der Waals surface area contributed by atoms with Crippen molar-refractivity contribution in [2.45, 2.75) is 19.8 Å². The van der Waals surface area contributed by atoms with E-state index in [1.54, 1.807) is 7.11 Å². The summed E-state index contributed by atoms with van der Waals surface area (Å²) in [5, 5.41) is 0. The lowest BCUT2D eigenvalue weighted by molar-refractivity contribution is 0.399. The minimum Gasteiger partial charge on any atom is -0.479 e. The first kappa shape index (κ1) is 11.0. The molecule has 5 heteroatoms. The number of hydrogen-bond acceptors (Lipinski definition) is 5. The maximum atomic E-state index is 5.97. The Hall–Kier alpha value is -1.52. The first-order chi connectivity index (χ1) is 7.76. The van der Waals surface area contributed by atoms with Crippen LogP contribution in [0.1, 0.15) is 19.8 Å². The smallest absolute Gasteiger partial charge is 0.242 e. The maximum Gasteiger partial charge on any atom is 0.242 e. The van der Waals surface area contributed by atoms with E-state index in [4.69, 9.17) is 10.5 Å². The van der Waals surface area contributed by atoms with Crippen LogP contribution in [0.25, 0.3) is 0 Å². The first-order valence-corrected chi connectivity index (χ1v) is 5.65. The predicted octanol–water partition coefficient (Wildman–Crippen LogP) is 1.30. The van der Waals surface area contributed by atoms with Crippen molar-refractivity contribution in [1.82, 2.24) is 9.97 Å². The quantitative estimate of drug-likeness (QED) is 0.835. The van der Waals surface area contributed by atoms with Crippen LogP contribution in [-0.4, -0.2) is 30.2 Å². The number of nitrogens with zero attached hydrogens (tertiary/aromatic N) is 3. The maximum absolute atomic E-state index is 5.97. The Morgan fingerprint density at radius 2 is 2.38 bits per heavy atom. The van der Waals surface area contributed by atoms with Crippen LogP contribution in [0.5, 0.6) is 5.88 Å². The van der Waals surface area contributed by atoms with Gasteiger partial charge in [-0.05, 0) is 12.3 Å². The van der Waals surface area contributed by atoms with Crippen LogP contribution in [0.3, 0.4) is 0 Å². The number of aromatic nitrogens is 2. The summed E-state index contributed by atoms with van der Waals surface area (Å²) in [5.41, 5.74) is 6.51. The Morgan fingerprint density at radius 1 is 1.56 bits per heavy atom. The molecule has 2 heterocycles. The van der Waals surface area contributed by atoms with Crippen LogP contribution in [0.2, 0.25) is 0 Å². The zero-order valence-corrected chi connectivity index (χ0v) is 9.81. The average Bonchev–Trinajstić information content (AvgIpc) is 2.78. The van der Waals surface area contributed by atoms with Gasteiger partial charge < -0.3 is 15.4 Å². The van der Waals surface area contributed by atoms with E-state index in [1.165, 1.54) is 19.2 Å². The lowest BCUT2D eigenvalue weighted by atomic mass is 10.1. The highest BCUT2D eigenvalue weighted by Gasteiger charge is 2.24. The molecule has 0 spiro atoms. The largest absolute Gasteiger partial charge is 0.479 e. The van der Waals surface area contributed by atoms with Gasteiger partial charge in [-0.2, -0.15) is 4.98 Å². The number of anilines is 2. The SMILES string of the molecule is CCC1CCN(c2ncnc(OC)c2N)C1. The van der Waals surface area contributed by atoms with Crippen molar-refractivity contribution in [3.63, 3.8) is 0 Å². The molecule has 0 radical (unpaired) electrons. The van der Waals surface area contributed by atoms with Crippen molar-refractivity contribution < 1.29 is 4.74 Å². The summed E-state index contributed by atoms with van der Waals surface area (Å²) < 4.78 is 5.10. The van der Waals surface area contributed by atoms with Crippen molar-refractivity contribution in [3.8, 4) is 5.88 Å². The summed E-state index contributed by atoms with van der Waals surface area (Å²) in [6.45, 7) is 4.27. The summed E-state index contributed by atoms with van der Waals surface area (Å²) in [6, 6.07) is 0. The van der Waals surface area contributed by atoms with Gasteiger partial charge in [-0.3, -0.25) is 0 Å². The van der Waals surface area contributed by atoms with Gasteiger partial charge in [0.05, 0.1) is 7.11 Å². The van der Waals surface area contributed by atoms with E-state index in [0.717, 1.165) is 24.8 Å². The fourth-order valence-electron chi connectivity index (χ4n) is 2.14. The van der Waals surface area contributed by atoms with Crippen molar-refractivity contribution in [2.75, 3.05) is 30.8 Å². The molecule has 2 N–H and O–H groups in total. The molecule has 1 unspecified atom stereocenters. The van der Waals surface area contributed by atoms with Crippen LogP contribution < -0.4 is 15.4 Å². The summed E-state index contributed by atoms with van der Waals surface area (Å²) in [7, 11) is 1.57. The Bertz CT molecular complexity index is 369. The Kier molecular flexibility index (Phi) is 3.12. The molecule has 2 rings (SSSR count). The van der Waals surface area contributed by atoms with E-state index >= 15 is 0 Å². The van der Waals surface area contributed by atoms with Gasteiger partial charge in [0.1, 0.15) is 12.0 Å². The third kappa shape index (κ3) is 1.89. The number of methoxy groups -OCH3 is 1. The van der Waals surface area contributed by atoms with E-state index in [2.05, 4.69) is 21.8 Å². The van der Waals surface area contributed by atoms with E-state index in [1.807, 2.05) is 0 Å². The second-order valence-electron chi connectivity index (χ2n) is 4.13. The molecule has 1 aliphatic heterocycles. The average molecular weight is 222 g/mol. The lowest BCUT2D eigenvalue weighted by Crippen LogP contribution is -2.22. The standard InChI is InChI=1S/C11H18N4O/c1-3-8-4-5-15(6-8)10-9(12)11(16-2)14-7-13-10/h7-8H,3-6,12H2,1-2H3.